The Morgan fingerprint density at radius 3 is 2.79 bits per heavy atom. The van der Waals surface area contributed by atoms with E-state index < -0.39 is 17.9 Å². The number of para-hydroxylation sites is 1. The lowest BCUT2D eigenvalue weighted by molar-refractivity contribution is -0.141. The maximum Gasteiger partial charge on any atom is 0.326 e. The highest BCUT2D eigenvalue weighted by Gasteiger charge is 2.33. The number of nitrogens with one attached hydrogen (secondary N) is 1. The third-order valence-corrected chi connectivity index (χ3v) is 4.42. The Morgan fingerprint density at radius 1 is 1.25 bits per heavy atom. The fraction of sp³-hybridized carbons (Fsp3) is 0.333. The molecule has 1 fully saturated rings. The maximum absolute atomic E-state index is 12.6. The van der Waals surface area contributed by atoms with Gasteiger partial charge in [0.15, 0.2) is 0 Å². The van der Waals surface area contributed by atoms with E-state index in [1.165, 1.54) is 0 Å². The second-order valence-electron chi connectivity index (χ2n) is 6.07. The number of amides is 1. The molecule has 3 rings (SSSR count). The summed E-state index contributed by atoms with van der Waals surface area (Å²) in [5.41, 5.74) is 0.864. The third kappa shape index (κ3) is 3.27. The van der Waals surface area contributed by atoms with E-state index in [-0.39, 0.29) is 18.1 Å². The van der Waals surface area contributed by atoms with Gasteiger partial charge in [0.05, 0.1) is 11.1 Å². The molecule has 0 saturated heterocycles. The first-order valence-electron chi connectivity index (χ1n) is 7.95. The van der Waals surface area contributed by atoms with Crippen LogP contribution < -0.4 is 5.32 Å². The lowest BCUT2D eigenvalue weighted by Gasteiger charge is -2.27. The van der Waals surface area contributed by atoms with E-state index in [4.69, 9.17) is 0 Å². The molecule has 1 aliphatic rings. The minimum absolute atomic E-state index is 0.0542. The molecule has 1 aliphatic carbocycles. The van der Waals surface area contributed by atoms with Gasteiger partial charge in [-0.15, -0.1) is 0 Å². The first-order valence-corrected chi connectivity index (χ1v) is 7.95. The van der Waals surface area contributed by atoms with Gasteiger partial charge >= 0.3 is 5.97 Å². The molecule has 0 unspecified atom stereocenters. The van der Waals surface area contributed by atoms with Crippen LogP contribution in [0.15, 0.2) is 36.5 Å². The van der Waals surface area contributed by atoms with E-state index in [1.807, 2.05) is 12.1 Å². The Morgan fingerprint density at radius 2 is 2.04 bits per heavy atom. The fourth-order valence-corrected chi connectivity index (χ4v) is 3.23. The summed E-state index contributed by atoms with van der Waals surface area (Å²) in [4.78, 5) is 40.0. The van der Waals surface area contributed by atoms with Crippen molar-refractivity contribution in [2.75, 3.05) is 0 Å². The van der Waals surface area contributed by atoms with Crippen molar-refractivity contribution < 1.29 is 19.5 Å². The Hall–Kier alpha value is -2.76. The zero-order valence-electron chi connectivity index (χ0n) is 13.1. The normalized spacial score (nSPS) is 19.0. The number of rotatable bonds is 4. The van der Waals surface area contributed by atoms with E-state index in [0.717, 1.165) is 5.39 Å². The Labute approximate surface area is 138 Å². The summed E-state index contributed by atoms with van der Waals surface area (Å²) >= 11 is 0. The van der Waals surface area contributed by atoms with E-state index in [2.05, 4.69) is 10.3 Å². The molecule has 1 aromatic heterocycles. The highest BCUT2D eigenvalue weighted by molar-refractivity contribution is 6.06. The number of ketones is 1. The largest absolute Gasteiger partial charge is 0.480 e. The van der Waals surface area contributed by atoms with Gasteiger partial charge in [-0.05, 0) is 30.9 Å². The van der Waals surface area contributed by atoms with Gasteiger partial charge in [0, 0.05) is 24.4 Å². The summed E-state index contributed by atoms with van der Waals surface area (Å²) in [6.07, 6.45) is 3.57. The molecule has 2 atom stereocenters. The Kier molecular flexibility index (Phi) is 4.55. The number of carbonyl (C=O) groups excluding carboxylic acids is 2. The van der Waals surface area contributed by atoms with Crippen LogP contribution in [0.3, 0.4) is 0 Å². The molecular formula is C18H18N2O4. The minimum atomic E-state index is -1.11. The van der Waals surface area contributed by atoms with Crippen LogP contribution in [0, 0.1) is 5.92 Å². The molecule has 0 spiro atoms. The number of aromatic nitrogens is 1. The number of hydrogen-bond acceptors (Lipinski definition) is 4. The first-order chi connectivity index (χ1) is 11.6. The average molecular weight is 326 g/mol. The van der Waals surface area contributed by atoms with Gasteiger partial charge in [0.25, 0.3) is 5.91 Å². The molecule has 1 amide bonds. The van der Waals surface area contributed by atoms with Gasteiger partial charge in [-0.3, -0.25) is 14.6 Å². The SMILES string of the molecule is O=C1CCC[C@H]([C@H](NC(=O)c2cccc3cccnc23)C(=O)O)C1. The second kappa shape index (κ2) is 6.78. The monoisotopic (exact) mass is 326 g/mol. The molecule has 1 aromatic carbocycles. The van der Waals surface area contributed by atoms with Crippen molar-refractivity contribution >= 4 is 28.6 Å². The predicted molar refractivity (Wildman–Crippen MR) is 87.6 cm³/mol. The van der Waals surface area contributed by atoms with Crippen molar-refractivity contribution in [3.05, 3.63) is 42.1 Å². The molecule has 0 radical (unpaired) electrons. The number of fused-ring (bicyclic) bond motifs is 1. The Bertz CT molecular complexity index is 797. The van der Waals surface area contributed by atoms with Crippen LogP contribution in [0.1, 0.15) is 36.0 Å². The van der Waals surface area contributed by atoms with Crippen LogP contribution in [0.2, 0.25) is 0 Å². The number of nitrogens with zero attached hydrogens (tertiary/aromatic N) is 1. The molecule has 1 saturated carbocycles. The Balaban J connectivity index is 1.85. The predicted octanol–water partition coefficient (Wildman–Crippen LogP) is 2.18. The van der Waals surface area contributed by atoms with Gasteiger partial charge in [0.2, 0.25) is 0 Å². The van der Waals surface area contributed by atoms with Crippen LogP contribution in [0.25, 0.3) is 10.9 Å². The van der Waals surface area contributed by atoms with E-state index in [9.17, 15) is 19.5 Å². The van der Waals surface area contributed by atoms with Crippen molar-refractivity contribution in [1.29, 1.82) is 0 Å². The van der Waals surface area contributed by atoms with Crippen molar-refractivity contribution in [3.63, 3.8) is 0 Å². The summed E-state index contributed by atoms with van der Waals surface area (Å²) in [5.74, 6) is -1.91. The van der Waals surface area contributed by atoms with Crippen LogP contribution in [-0.4, -0.2) is 33.8 Å². The van der Waals surface area contributed by atoms with Gasteiger partial charge in [-0.1, -0.05) is 18.2 Å². The second-order valence-corrected chi connectivity index (χ2v) is 6.07. The quantitative estimate of drug-likeness (QED) is 0.897. The summed E-state index contributed by atoms with van der Waals surface area (Å²) in [6.45, 7) is 0. The summed E-state index contributed by atoms with van der Waals surface area (Å²) in [5, 5.41) is 12.9. The fourth-order valence-electron chi connectivity index (χ4n) is 3.23. The molecule has 0 aliphatic heterocycles. The highest BCUT2D eigenvalue weighted by Crippen LogP contribution is 2.25. The van der Waals surface area contributed by atoms with Gasteiger partial charge in [-0.2, -0.15) is 0 Å². The highest BCUT2D eigenvalue weighted by atomic mass is 16.4. The van der Waals surface area contributed by atoms with E-state index in [1.54, 1.807) is 24.4 Å². The average Bonchev–Trinajstić information content (AvgIpc) is 2.58. The van der Waals surface area contributed by atoms with Crippen molar-refractivity contribution in [2.45, 2.75) is 31.7 Å². The standard InChI is InChI=1S/C18H18N2O4/c21-13-7-1-5-12(10-13)16(18(23)24)20-17(22)14-8-2-4-11-6-3-9-19-15(11)14/h2-4,6,8-9,12,16H,1,5,7,10H2,(H,20,22)(H,23,24)/t12-,16-/m0/s1. The summed E-state index contributed by atoms with van der Waals surface area (Å²) in [6, 6.07) is 7.74. The molecular weight excluding hydrogens is 308 g/mol. The van der Waals surface area contributed by atoms with Crippen molar-refractivity contribution in [2.24, 2.45) is 5.92 Å². The number of hydrogen-bond donors (Lipinski definition) is 2. The number of benzene rings is 1. The third-order valence-electron chi connectivity index (χ3n) is 4.42. The minimum Gasteiger partial charge on any atom is -0.480 e. The molecule has 1 heterocycles. The smallest absolute Gasteiger partial charge is 0.326 e. The number of Topliss-reactive ketones (excluding diaryl/α,β-unsaturated/α-hetero) is 1. The van der Waals surface area contributed by atoms with Gasteiger partial charge in [-0.25, -0.2) is 4.79 Å². The zero-order valence-corrected chi connectivity index (χ0v) is 13.1. The zero-order chi connectivity index (χ0) is 17.1. The number of carboxylic acids is 1. The molecule has 2 N–H and O–H groups in total. The molecule has 24 heavy (non-hydrogen) atoms. The van der Waals surface area contributed by atoms with Gasteiger partial charge in [0.1, 0.15) is 11.8 Å². The lowest BCUT2D eigenvalue weighted by atomic mass is 9.83. The van der Waals surface area contributed by atoms with Gasteiger partial charge < -0.3 is 10.4 Å². The molecule has 0 bridgehead atoms. The number of pyridine rings is 1. The molecule has 124 valence electrons. The summed E-state index contributed by atoms with van der Waals surface area (Å²) < 4.78 is 0. The number of carboxylic acid groups (broad SMARTS) is 1. The van der Waals surface area contributed by atoms with Crippen LogP contribution >= 0.6 is 0 Å². The van der Waals surface area contributed by atoms with Crippen molar-refractivity contribution in [3.8, 4) is 0 Å². The van der Waals surface area contributed by atoms with Crippen LogP contribution in [-0.2, 0) is 9.59 Å². The topological polar surface area (TPSA) is 96.4 Å². The molecule has 6 nitrogen and oxygen atoms in total. The summed E-state index contributed by atoms with van der Waals surface area (Å²) in [7, 11) is 0. The van der Waals surface area contributed by atoms with Crippen LogP contribution in [0.5, 0.6) is 0 Å². The van der Waals surface area contributed by atoms with Crippen LogP contribution in [0.4, 0.5) is 0 Å². The van der Waals surface area contributed by atoms with Crippen molar-refractivity contribution in [1.82, 2.24) is 10.3 Å². The molecule has 2 aromatic rings. The van der Waals surface area contributed by atoms with E-state index in [0.29, 0.717) is 30.3 Å². The number of aliphatic carboxylic acids is 1. The molecule has 6 heteroatoms. The maximum atomic E-state index is 12.6. The number of carbonyl (C=O) groups is 3. The van der Waals surface area contributed by atoms with E-state index >= 15 is 0 Å². The lowest BCUT2D eigenvalue weighted by Crippen LogP contribution is -2.47. The first kappa shape index (κ1) is 16.1.